The lowest BCUT2D eigenvalue weighted by Gasteiger charge is -2.03. The molecule has 0 radical (unpaired) electrons. The molecule has 0 fully saturated rings. The molecule has 0 aromatic rings. The lowest BCUT2D eigenvalue weighted by molar-refractivity contribution is -0.146. The van der Waals surface area contributed by atoms with Gasteiger partial charge in [0.2, 0.25) is 0 Å². The Morgan fingerprint density at radius 1 is 1.13 bits per heavy atom. The Labute approximate surface area is 90.9 Å². The van der Waals surface area contributed by atoms with Crippen molar-refractivity contribution < 1.29 is 19.1 Å². The van der Waals surface area contributed by atoms with Crippen molar-refractivity contribution in [3.05, 3.63) is 0 Å². The van der Waals surface area contributed by atoms with Gasteiger partial charge < -0.3 is 9.47 Å². The molecule has 0 amide bonds. The Balaban J connectivity index is 3.37. The summed E-state index contributed by atoms with van der Waals surface area (Å²) >= 11 is 0. The summed E-state index contributed by atoms with van der Waals surface area (Å²) in [7, 11) is 1.42. The van der Waals surface area contributed by atoms with Crippen LogP contribution < -0.4 is 0 Å². The van der Waals surface area contributed by atoms with Gasteiger partial charge in [-0.25, -0.2) is 0 Å². The largest absolute Gasteiger partial charge is 0.465 e. The van der Waals surface area contributed by atoms with E-state index in [1.807, 2.05) is 0 Å². The number of ether oxygens (including phenoxy) is 2. The molecule has 0 spiro atoms. The molecule has 0 aromatic carbocycles. The number of rotatable bonds is 9. The first-order valence-corrected chi connectivity index (χ1v) is 5.37. The van der Waals surface area contributed by atoms with Gasteiger partial charge in [0, 0.05) is 7.11 Å². The normalized spacial score (nSPS) is 10.0. The van der Waals surface area contributed by atoms with Crippen molar-refractivity contribution in [3.8, 4) is 0 Å². The summed E-state index contributed by atoms with van der Waals surface area (Å²) in [4.78, 5) is 22.0. The van der Waals surface area contributed by atoms with Crippen LogP contribution in [-0.2, 0) is 19.1 Å². The summed E-state index contributed by atoms with van der Waals surface area (Å²) in [5.41, 5.74) is 0. The molecule has 0 aliphatic heterocycles. The predicted octanol–water partition coefficient (Wildman–Crippen LogP) is 1.72. The predicted molar refractivity (Wildman–Crippen MR) is 56.6 cm³/mol. The van der Waals surface area contributed by atoms with Gasteiger partial charge in [0.15, 0.2) is 5.78 Å². The minimum absolute atomic E-state index is 0.0229. The lowest BCUT2D eigenvalue weighted by Crippen LogP contribution is -2.15. The van der Waals surface area contributed by atoms with Crippen LogP contribution in [0.1, 0.15) is 39.0 Å². The van der Waals surface area contributed by atoms with Gasteiger partial charge in [0.1, 0.15) is 13.0 Å². The molecule has 0 saturated heterocycles. The van der Waals surface area contributed by atoms with Crippen LogP contribution in [0.15, 0.2) is 0 Å². The van der Waals surface area contributed by atoms with Crippen molar-refractivity contribution in [2.75, 3.05) is 20.3 Å². The molecule has 0 unspecified atom stereocenters. The molecule has 0 aromatic heterocycles. The first-order valence-electron chi connectivity index (χ1n) is 5.37. The second-order valence-corrected chi connectivity index (χ2v) is 3.43. The van der Waals surface area contributed by atoms with Crippen molar-refractivity contribution in [2.24, 2.45) is 0 Å². The number of Topliss-reactive ketones (excluding diaryl/α,β-unsaturated/α-hetero) is 1. The SMILES string of the molecule is CCCCCCOC(=O)CC(=O)COC. The van der Waals surface area contributed by atoms with Crippen molar-refractivity contribution in [1.82, 2.24) is 0 Å². The summed E-state index contributed by atoms with van der Waals surface area (Å²) < 4.78 is 9.50. The lowest BCUT2D eigenvalue weighted by atomic mass is 10.2. The highest BCUT2D eigenvalue weighted by molar-refractivity contribution is 5.96. The second kappa shape index (κ2) is 9.65. The molecule has 0 aliphatic carbocycles. The highest BCUT2D eigenvalue weighted by Gasteiger charge is 2.09. The van der Waals surface area contributed by atoms with Gasteiger partial charge >= 0.3 is 5.97 Å². The maximum Gasteiger partial charge on any atom is 0.313 e. The zero-order chi connectivity index (χ0) is 11.5. The summed E-state index contributed by atoms with van der Waals surface area (Å²) in [5.74, 6) is -0.690. The van der Waals surface area contributed by atoms with Crippen molar-refractivity contribution in [1.29, 1.82) is 0 Å². The smallest absolute Gasteiger partial charge is 0.313 e. The van der Waals surface area contributed by atoms with Crippen molar-refractivity contribution in [2.45, 2.75) is 39.0 Å². The van der Waals surface area contributed by atoms with Gasteiger partial charge in [-0.3, -0.25) is 9.59 Å². The van der Waals surface area contributed by atoms with E-state index in [1.165, 1.54) is 7.11 Å². The molecule has 15 heavy (non-hydrogen) atoms. The fraction of sp³-hybridized carbons (Fsp3) is 0.818. The van der Waals surface area contributed by atoms with Gasteiger partial charge in [-0.15, -0.1) is 0 Å². The first-order chi connectivity index (χ1) is 7.20. The van der Waals surface area contributed by atoms with E-state index in [0.717, 1.165) is 25.7 Å². The number of carbonyl (C=O) groups is 2. The van der Waals surface area contributed by atoms with Crippen LogP contribution in [0, 0.1) is 0 Å². The third kappa shape index (κ3) is 9.41. The van der Waals surface area contributed by atoms with Crippen LogP contribution in [0.2, 0.25) is 0 Å². The van der Waals surface area contributed by atoms with E-state index in [4.69, 9.17) is 4.74 Å². The number of carbonyl (C=O) groups excluding carboxylic acids is 2. The average molecular weight is 216 g/mol. The standard InChI is InChI=1S/C11H20O4/c1-3-4-5-6-7-15-11(13)8-10(12)9-14-2/h3-9H2,1-2H3. The zero-order valence-electron chi connectivity index (χ0n) is 9.58. The summed E-state index contributed by atoms with van der Waals surface area (Å²) in [6, 6.07) is 0. The van der Waals surface area contributed by atoms with Gasteiger partial charge in [0.05, 0.1) is 6.61 Å². The van der Waals surface area contributed by atoms with Crippen LogP contribution in [0.25, 0.3) is 0 Å². The first kappa shape index (κ1) is 14.1. The van der Waals surface area contributed by atoms with E-state index in [0.29, 0.717) is 6.61 Å². The monoisotopic (exact) mass is 216 g/mol. The van der Waals surface area contributed by atoms with Gasteiger partial charge in [-0.2, -0.15) is 0 Å². The zero-order valence-corrected chi connectivity index (χ0v) is 9.58. The molecule has 0 aliphatic rings. The number of unbranched alkanes of at least 4 members (excludes halogenated alkanes) is 3. The van der Waals surface area contributed by atoms with E-state index in [-0.39, 0.29) is 18.8 Å². The van der Waals surface area contributed by atoms with Crippen molar-refractivity contribution in [3.63, 3.8) is 0 Å². The second-order valence-electron chi connectivity index (χ2n) is 3.43. The Morgan fingerprint density at radius 2 is 1.87 bits per heavy atom. The minimum atomic E-state index is -0.450. The maximum absolute atomic E-state index is 11.1. The van der Waals surface area contributed by atoms with Gasteiger partial charge in [0.25, 0.3) is 0 Å². The van der Waals surface area contributed by atoms with E-state index >= 15 is 0 Å². The number of methoxy groups -OCH3 is 1. The Morgan fingerprint density at radius 3 is 2.47 bits per heavy atom. The Hall–Kier alpha value is -0.900. The van der Waals surface area contributed by atoms with E-state index in [9.17, 15) is 9.59 Å². The molecule has 0 N–H and O–H groups in total. The van der Waals surface area contributed by atoms with Crippen molar-refractivity contribution >= 4 is 11.8 Å². The van der Waals surface area contributed by atoms with Crippen LogP contribution in [0.4, 0.5) is 0 Å². The summed E-state index contributed by atoms with van der Waals surface area (Å²) in [6.45, 7) is 2.51. The van der Waals surface area contributed by atoms with E-state index in [2.05, 4.69) is 11.7 Å². The number of esters is 1. The molecule has 0 rings (SSSR count). The minimum Gasteiger partial charge on any atom is -0.465 e. The molecular formula is C11H20O4. The quantitative estimate of drug-likeness (QED) is 0.334. The summed E-state index contributed by atoms with van der Waals surface area (Å²) in [6.07, 6.45) is 4.07. The van der Waals surface area contributed by atoms with E-state index < -0.39 is 5.97 Å². The van der Waals surface area contributed by atoms with Gasteiger partial charge in [-0.05, 0) is 6.42 Å². The molecule has 4 nitrogen and oxygen atoms in total. The third-order valence-electron chi connectivity index (χ3n) is 1.91. The Kier molecular flexibility index (Phi) is 9.07. The highest BCUT2D eigenvalue weighted by Crippen LogP contribution is 1.99. The maximum atomic E-state index is 11.1. The third-order valence-corrected chi connectivity index (χ3v) is 1.91. The molecule has 0 heterocycles. The molecule has 0 bridgehead atoms. The van der Waals surface area contributed by atoms with E-state index in [1.54, 1.807) is 0 Å². The van der Waals surface area contributed by atoms with Crippen LogP contribution >= 0.6 is 0 Å². The summed E-state index contributed by atoms with van der Waals surface area (Å²) in [5, 5.41) is 0. The fourth-order valence-corrected chi connectivity index (χ4v) is 1.14. The number of ketones is 1. The molecule has 0 atom stereocenters. The highest BCUT2D eigenvalue weighted by atomic mass is 16.5. The fourth-order valence-electron chi connectivity index (χ4n) is 1.14. The molecular weight excluding hydrogens is 196 g/mol. The van der Waals surface area contributed by atoms with Crippen LogP contribution in [0.3, 0.4) is 0 Å². The van der Waals surface area contributed by atoms with Crippen LogP contribution in [-0.4, -0.2) is 32.1 Å². The number of hydrogen-bond donors (Lipinski definition) is 0. The average Bonchev–Trinajstić information content (AvgIpc) is 2.17. The number of hydrogen-bond acceptors (Lipinski definition) is 4. The molecule has 88 valence electrons. The van der Waals surface area contributed by atoms with Gasteiger partial charge in [-0.1, -0.05) is 26.2 Å². The molecule has 0 saturated carbocycles. The van der Waals surface area contributed by atoms with Crippen LogP contribution in [0.5, 0.6) is 0 Å². The Bertz CT molecular complexity index is 189. The molecule has 4 heteroatoms. The topological polar surface area (TPSA) is 52.6 Å².